The van der Waals surface area contributed by atoms with Crippen LogP contribution >= 0.6 is 12.0 Å². The number of nitrogens with two attached hydrogens (primary N) is 1. The zero-order valence-electron chi connectivity index (χ0n) is 8.08. The molecule has 0 fully saturated rings. The van der Waals surface area contributed by atoms with Gasteiger partial charge in [0.05, 0.1) is 4.90 Å². The molecule has 0 aliphatic rings. The van der Waals surface area contributed by atoms with E-state index in [1.807, 2.05) is 0 Å². The fourth-order valence-electron chi connectivity index (χ4n) is 1.57. The summed E-state index contributed by atoms with van der Waals surface area (Å²) in [7, 11) is 0. The number of anilines is 1. The largest absolute Gasteiger partial charge is 0.399 e. The maximum Gasteiger partial charge on any atom is 0.187 e. The van der Waals surface area contributed by atoms with Gasteiger partial charge in [-0.05, 0) is 23.6 Å². The molecule has 0 aromatic heterocycles. The number of hydrogen-bond donors (Lipinski definition) is 3. The molecule has 6 heteroatoms. The summed E-state index contributed by atoms with van der Waals surface area (Å²) in [6, 6.07) is 8.24. The number of rotatable bonds is 2. The molecule has 2 aromatic carbocycles. The van der Waals surface area contributed by atoms with Crippen LogP contribution in [0.4, 0.5) is 5.69 Å². The molecule has 0 saturated carbocycles. The second-order valence-electron chi connectivity index (χ2n) is 3.21. The van der Waals surface area contributed by atoms with Gasteiger partial charge in [-0.15, -0.1) is 0 Å². The van der Waals surface area contributed by atoms with E-state index in [2.05, 4.69) is 0 Å². The highest BCUT2D eigenvalue weighted by molar-refractivity contribution is 7.94. The lowest BCUT2D eigenvalue weighted by Crippen LogP contribution is -1.93. The predicted molar refractivity (Wildman–Crippen MR) is 65.9 cm³/mol. The van der Waals surface area contributed by atoms with Gasteiger partial charge in [0.2, 0.25) is 0 Å². The minimum absolute atomic E-state index is 0.292. The SMILES string of the molecule is Nc1cc(SO)c2cccc(S(=O)O)c2c1. The molecule has 0 radical (unpaired) electrons. The van der Waals surface area contributed by atoms with Crippen molar-refractivity contribution in [2.45, 2.75) is 9.79 Å². The first-order valence-corrected chi connectivity index (χ1v) is 6.26. The van der Waals surface area contributed by atoms with Crippen molar-refractivity contribution in [2.24, 2.45) is 0 Å². The molecule has 0 aliphatic carbocycles. The van der Waals surface area contributed by atoms with Gasteiger partial charge in [0, 0.05) is 28.0 Å². The van der Waals surface area contributed by atoms with Gasteiger partial charge in [-0.1, -0.05) is 12.1 Å². The molecule has 4 nitrogen and oxygen atoms in total. The minimum atomic E-state index is -2.07. The van der Waals surface area contributed by atoms with Crippen LogP contribution in [0.1, 0.15) is 0 Å². The van der Waals surface area contributed by atoms with Crippen LogP contribution in [-0.4, -0.2) is 13.3 Å². The zero-order chi connectivity index (χ0) is 11.7. The Hall–Kier alpha value is -1.08. The lowest BCUT2D eigenvalue weighted by molar-refractivity contribution is 0.565. The molecule has 0 saturated heterocycles. The smallest absolute Gasteiger partial charge is 0.187 e. The summed E-state index contributed by atoms with van der Waals surface area (Å²) in [5.41, 5.74) is 6.11. The molecule has 4 N–H and O–H groups in total. The Balaban J connectivity index is 2.87. The van der Waals surface area contributed by atoms with Crippen molar-refractivity contribution < 1.29 is 13.3 Å². The van der Waals surface area contributed by atoms with Gasteiger partial charge >= 0.3 is 0 Å². The molecule has 84 valence electrons. The van der Waals surface area contributed by atoms with E-state index in [-0.39, 0.29) is 0 Å². The first-order valence-electron chi connectivity index (χ1n) is 4.38. The highest BCUT2D eigenvalue weighted by atomic mass is 32.2. The number of nitrogen functional groups attached to an aromatic ring is 1. The molecular formula is C10H9NO3S2. The van der Waals surface area contributed by atoms with E-state index in [9.17, 15) is 4.21 Å². The van der Waals surface area contributed by atoms with E-state index in [1.54, 1.807) is 30.3 Å². The molecule has 16 heavy (non-hydrogen) atoms. The van der Waals surface area contributed by atoms with Gasteiger partial charge in [-0.2, -0.15) is 0 Å². The molecular weight excluding hydrogens is 246 g/mol. The standard InChI is InChI=1S/C10H9NO3S2/c11-6-4-8-7(9(5-6)15-12)2-1-3-10(8)16(13)14/h1-5,12H,11H2,(H,13,14). The molecule has 0 bridgehead atoms. The van der Waals surface area contributed by atoms with Crippen molar-refractivity contribution >= 4 is 39.6 Å². The third kappa shape index (κ3) is 1.92. The zero-order valence-corrected chi connectivity index (χ0v) is 9.72. The molecule has 2 rings (SSSR count). The highest BCUT2D eigenvalue weighted by Gasteiger charge is 2.10. The van der Waals surface area contributed by atoms with E-state index in [1.165, 1.54) is 0 Å². The summed E-state index contributed by atoms with van der Waals surface area (Å²) in [6.45, 7) is 0. The Bertz CT molecular complexity index is 571. The monoisotopic (exact) mass is 255 g/mol. The van der Waals surface area contributed by atoms with Gasteiger partial charge in [-0.3, -0.25) is 0 Å². The lowest BCUT2D eigenvalue weighted by atomic mass is 10.1. The quantitative estimate of drug-likeness (QED) is 0.436. The van der Waals surface area contributed by atoms with Crippen molar-refractivity contribution in [3.63, 3.8) is 0 Å². The van der Waals surface area contributed by atoms with E-state index < -0.39 is 11.1 Å². The second-order valence-corrected chi connectivity index (χ2v) is 4.77. The maximum atomic E-state index is 11.1. The van der Waals surface area contributed by atoms with Crippen LogP contribution in [-0.2, 0) is 11.1 Å². The second kappa shape index (κ2) is 4.42. The van der Waals surface area contributed by atoms with Crippen molar-refractivity contribution in [1.29, 1.82) is 0 Å². The molecule has 0 heterocycles. The van der Waals surface area contributed by atoms with Crippen molar-refractivity contribution in [3.05, 3.63) is 30.3 Å². The molecule has 0 spiro atoms. The Labute approximate surface area is 99.0 Å². The van der Waals surface area contributed by atoms with Gasteiger partial charge in [-0.25, -0.2) is 4.21 Å². The Morgan fingerprint density at radius 2 is 2.00 bits per heavy atom. The molecule has 0 aliphatic heterocycles. The normalized spacial score (nSPS) is 12.9. The predicted octanol–water partition coefficient (Wildman–Crippen LogP) is 2.57. The third-order valence-corrected chi connectivity index (χ3v) is 3.49. The summed E-state index contributed by atoms with van der Waals surface area (Å²) in [4.78, 5) is 0.863. The number of benzene rings is 2. The maximum absolute atomic E-state index is 11.1. The summed E-state index contributed by atoms with van der Waals surface area (Å²) < 4.78 is 29.4. The summed E-state index contributed by atoms with van der Waals surface area (Å²) in [5, 5.41) is 1.29. The lowest BCUT2D eigenvalue weighted by Gasteiger charge is -2.07. The van der Waals surface area contributed by atoms with E-state index in [0.29, 0.717) is 38.3 Å². The van der Waals surface area contributed by atoms with Crippen LogP contribution < -0.4 is 5.73 Å². The average molecular weight is 255 g/mol. The summed E-state index contributed by atoms with van der Waals surface area (Å²) in [6.07, 6.45) is 0. The number of hydrogen-bond acceptors (Lipinski definition) is 4. The Kier molecular flexibility index (Phi) is 3.15. The Morgan fingerprint density at radius 3 is 2.62 bits per heavy atom. The molecule has 1 atom stereocenters. The van der Waals surface area contributed by atoms with E-state index in [4.69, 9.17) is 14.8 Å². The molecule has 0 amide bonds. The molecule has 2 aromatic rings. The first kappa shape index (κ1) is 11.4. The van der Waals surface area contributed by atoms with Crippen LogP contribution in [0.15, 0.2) is 40.1 Å². The van der Waals surface area contributed by atoms with Crippen LogP contribution in [0, 0.1) is 0 Å². The minimum Gasteiger partial charge on any atom is -0.399 e. The van der Waals surface area contributed by atoms with Gasteiger partial charge in [0.25, 0.3) is 0 Å². The van der Waals surface area contributed by atoms with Gasteiger partial charge in [0.15, 0.2) is 11.1 Å². The highest BCUT2D eigenvalue weighted by Crippen LogP contribution is 2.31. The summed E-state index contributed by atoms with van der Waals surface area (Å²) >= 11 is -1.50. The van der Waals surface area contributed by atoms with Crippen LogP contribution in [0.5, 0.6) is 0 Å². The van der Waals surface area contributed by atoms with Crippen LogP contribution in [0.3, 0.4) is 0 Å². The van der Waals surface area contributed by atoms with Gasteiger partial charge in [0.1, 0.15) is 0 Å². The topological polar surface area (TPSA) is 83.5 Å². The summed E-state index contributed by atoms with van der Waals surface area (Å²) in [5.74, 6) is 0. The van der Waals surface area contributed by atoms with E-state index >= 15 is 0 Å². The van der Waals surface area contributed by atoms with Crippen molar-refractivity contribution in [1.82, 2.24) is 0 Å². The van der Waals surface area contributed by atoms with E-state index in [0.717, 1.165) is 0 Å². The fraction of sp³-hybridized carbons (Fsp3) is 0. The first-order chi connectivity index (χ1) is 7.63. The van der Waals surface area contributed by atoms with Gasteiger partial charge < -0.3 is 14.8 Å². The number of fused-ring (bicyclic) bond motifs is 1. The average Bonchev–Trinajstić information content (AvgIpc) is 2.26. The molecule has 1 unspecified atom stereocenters. The fourth-order valence-corrected chi connectivity index (χ4v) is 2.59. The van der Waals surface area contributed by atoms with Crippen LogP contribution in [0.2, 0.25) is 0 Å². The Morgan fingerprint density at radius 1 is 1.25 bits per heavy atom. The van der Waals surface area contributed by atoms with Crippen molar-refractivity contribution in [3.8, 4) is 0 Å². The van der Waals surface area contributed by atoms with Crippen LogP contribution in [0.25, 0.3) is 10.8 Å². The third-order valence-electron chi connectivity index (χ3n) is 2.23. The van der Waals surface area contributed by atoms with Crippen molar-refractivity contribution in [2.75, 3.05) is 5.73 Å².